The lowest BCUT2D eigenvalue weighted by molar-refractivity contribution is 1.21. The van der Waals surface area contributed by atoms with E-state index < -0.39 is 0 Å². The zero-order valence-corrected chi connectivity index (χ0v) is 10.9. The van der Waals surface area contributed by atoms with Gasteiger partial charge in [-0.1, -0.05) is 23.5 Å². The molecule has 0 bridgehead atoms. The number of aromatic nitrogens is 1. The second kappa shape index (κ2) is 5.21. The number of nitrogens with zero attached hydrogens (tertiary/aromatic N) is 2. The van der Waals surface area contributed by atoms with E-state index in [2.05, 4.69) is 11.1 Å². The van der Waals surface area contributed by atoms with Crippen molar-refractivity contribution in [1.29, 1.82) is 5.26 Å². The molecular formula is C12H11N3S2. The number of nitriles is 1. The van der Waals surface area contributed by atoms with E-state index in [0.29, 0.717) is 10.7 Å². The fraction of sp³-hybridized carbons (Fsp3) is 0.167. The van der Waals surface area contributed by atoms with E-state index in [9.17, 15) is 0 Å². The molecule has 0 aliphatic carbocycles. The molecule has 0 spiro atoms. The van der Waals surface area contributed by atoms with E-state index in [1.165, 1.54) is 11.3 Å². The number of thioether (sulfide) groups is 1. The summed E-state index contributed by atoms with van der Waals surface area (Å²) in [6.45, 7) is 1.96. The van der Waals surface area contributed by atoms with Gasteiger partial charge in [-0.05, 0) is 24.6 Å². The third-order valence-electron chi connectivity index (χ3n) is 2.20. The van der Waals surface area contributed by atoms with Gasteiger partial charge in [-0.2, -0.15) is 5.26 Å². The van der Waals surface area contributed by atoms with E-state index in [1.807, 2.05) is 31.2 Å². The molecule has 0 unspecified atom stereocenters. The van der Waals surface area contributed by atoms with Crippen LogP contribution in [0.5, 0.6) is 0 Å². The molecule has 1 heterocycles. The highest BCUT2D eigenvalue weighted by Gasteiger charge is 2.06. The average Bonchev–Trinajstić information content (AvgIpc) is 2.65. The Hall–Kier alpha value is -1.51. The summed E-state index contributed by atoms with van der Waals surface area (Å²) in [6, 6.07) is 9.79. The molecule has 2 aromatic rings. The molecule has 86 valence electrons. The molecule has 1 aromatic heterocycles. The quantitative estimate of drug-likeness (QED) is 0.862. The Morgan fingerprint density at radius 1 is 1.53 bits per heavy atom. The van der Waals surface area contributed by atoms with Crippen LogP contribution < -0.4 is 5.73 Å². The van der Waals surface area contributed by atoms with Gasteiger partial charge in [0.25, 0.3) is 0 Å². The highest BCUT2D eigenvalue weighted by Crippen LogP contribution is 2.32. The fourth-order valence-corrected chi connectivity index (χ4v) is 3.38. The summed E-state index contributed by atoms with van der Waals surface area (Å²) in [7, 11) is 0. The first-order valence-electron chi connectivity index (χ1n) is 5.04. The zero-order valence-electron chi connectivity index (χ0n) is 9.30. The number of aryl methyl sites for hydroxylation is 1. The number of hydrogen-bond acceptors (Lipinski definition) is 5. The van der Waals surface area contributed by atoms with Crippen LogP contribution >= 0.6 is 23.1 Å². The third-order valence-corrected chi connectivity index (χ3v) is 4.62. The first kappa shape index (κ1) is 12.0. The maximum absolute atomic E-state index is 8.81. The molecular weight excluding hydrogens is 250 g/mol. The van der Waals surface area contributed by atoms with Crippen LogP contribution in [-0.2, 0) is 5.75 Å². The summed E-state index contributed by atoms with van der Waals surface area (Å²) in [4.78, 5) is 4.18. The summed E-state index contributed by atoms with van der Waals surface area (Å²) in [5.41, 5.74) is 8.46. The summed E-state index contributed by atoms with van der Waals surface area (Å²) >= 11 is 3.21. The molecule has 0 amide bonds. The summed E-state index contributed by atoms with van der Waals surface area (Å²) in [5.74, 6) is 0.831. The monoisotopic (exact) mass is 261 g/mol. The van der Waals surface area contributed by atoms with E-state index in [1.54, 1.807) is 11.8 Å². The van der Waals surface area contributed by atoms with Gasteiger partial charge in [0.05, 0.1) is 21.5 Å². The number of nitrogen functional groups attached to an aromatic ring is 1. The Kier molecular flexibility index (Phi) is 3.67. The number of benzene rings is 1. The predicted octanol–water partition coefficient (Wildman–Crippen LogP) is 3.20. The first-order valence-corrected chi connectivity index (χ1v) is 6.84. The lowest BCUT2D eigenvalue weighted by Gasteiger charge is -2.00. The number of rotatable bonds is 3. The van der Waals surface area contributed by atoms with Crippen molar-refractivity contribution in [2.24, 2.45) is 0 Å². The van der Waals surface area contributed by atoms with E-state index in [-0.39, 0.29) is 0 Å². The lowest BCUT2D eigenvalue weighted by Crippen LogP contribution is -1.83. The van der Waals surface area contributed by atoms with Gasteiger partial charge in [0, 0.05) is 5.75 Å². The lowest BCUT2D eigenvalue weighted by atomic mass is 10.2. The minimum Gasteiger partial charge on any atom is -0.375 e. The van der Waals surface area contributed by atoms with Crippen LogP contribution in [0.3, 0.4) is 0 Å². The van der Waals surface area contributed by atoms with Crippen LogP contribution in [0.1, 0.15) is 16.8 Å². The van der Waals surface area contributed by atoms with E-state index >= 15 is 0 Å². The molecule has 0 radical (unpaired) electrons. The van der Waals surface area contributed by atoms with Crippen molar-refractivity contribution in [3.63, 3.8) is 0 Å². The van der Waals surface area contributed by atoms with Gasteiger partial charge >= 0.3 is 0 Å². The minimum atomic E-state index is 0.607. The second-order valence-corrected chi connectivity index (χ2v) is 5.80. The smallest absolute Gasteiger partial charge is 0.181 e. The molecule has 0 aliphatic heterocycles. The Bertz CT molecular complexity index is 569. The predicted molar refractivity (Wildman–Crippen MR) is 72.0 cm³/mol. The zero-order chi connectivity index (χ0) is 12.3. The molecule has 17 heavy (non-hydrogen) atoms. The minimum absolute atomic E-state index is 0.607. The van der Waals surface area contributed by atoms with Gasteiger partial charge in [0.15, 0.2) is 5.13 Å². The standard InChI is InChI=1S/C12H11N3S2/c1-8-11(17-12(14)15-8)16-7-10-4-2-3-9(5-10)6-13/h2-5H,7H2,1H3,(H2,14,15). The molecule has 2 rings (SSSR count). The van der Waals surface area contributed by atoms with Gasteiger partial charge in [-0.3, -0.25) is 0 Å². The van der Waals surface area contributed by atoms with E-state index in [0.717, 1.165) is 21.2 Å². The molecule has 1 aromatic carbocycles. The SMILES string of the molecule is Cc1nc(N)sc1SCc1cccc(C#N)c1. The Balaban J connectivity index is 2.07. The van der Waals surface area contributed by atoms with Crippen molar-refractivity contribution in [1.82, 2.24) is 4.98 Å². The number of thiazole rings is 1. The molecule has 0 saturated heterocycles. The number of nitrogens with two attached hydrogens (primary N) is 1. The highest BCUT2D eigenvalue weighted by molar-refractivity contribution is 8.00. The summed E-state index contributed by atoms with van der Waals surface area (Å²) < 4.78 is 1.14. The first-order chi connectivity index (χ1) is 8.19. The van der Waals surface area contributed by atoms with E-state index in [4.69, 9.17) is 11.0 Å². The highest BCUT2D eigenvalue weighted by atomic mass is 32.2. The van der Waals surface area contributed by atoms with Crippen molar-refractivity contribution < 1.29 is 0 Å². The van der Waals surface area contributed by atoms with Gasteiger partial charge in [0.2, 0.25) is 0 Å². The van der Waals surface area contributed by atoms with Gasteiger partial charge < -0.3 is 5.73 Å². The van der Waals surface area contributed by atoms with Crippen molar-refractivity contribution in [2.75, 3.05) is 5.73 Å². The number of hydrogen-bond donors (Lipinski definition) is 1. The van der Waals surface area contributed by atoms with Crippen LogP contribution in [0.25, 0.3) is 0 Å². The summed E-state index contributed by atoms with van der Waals surface area (Å²) in [6.07, 6.45) is 0. The normalized spacial score (nSPS) is 10.1. The van der Waals surface area contributed by atoms with Crippen LogP contribution in [0.2, 0.25) is 0 Å². The fourth-order valence-electron chi connectivity index (χ4n) is 1.42. The van der Waals surface area contributed by atoms with Gasteiger partial charge in [-0.15, -0.1) is 11.8 Å². The average molecular weight is 261 g/mol. The third kappa shape index (κ3) is 2.99. The van der Waals surface area contributed by atoms with Crippen LogP contribution in [0.15, 0.2) is 28.5 Å². The maximum Gasteiger partial charge on any atom is 0.181 e. The topological polar surface area (TPSA) is 62.7 Å². The number of anilines is 1. The molecule has 0 atom stereocenters. The molecule has 0 saturated carbocycles. The Morgan fingerprint density at radius 3 is 3.00 bits per heavy atom. The van der Waals surface area contributed by atoms with Crippen molar-refractivity contribution >= 4 is 28.2 Å². The van der Waals surface area contributed by atoms with Crippen LogP contribution in [0, 0.1) is 18.3 Å². The molecule has 0 aliphatic rings. The van der Waals surface area contributed by atoms with Crippen LogP contribution in [0.4, 0.5) is 5.13 Å². The van der Waals surface area contributed by atoms with Crippen molar-refractivity contribution in [2.45, 2.75) is 16.9 Å². The van der Waals surface area contributed by atoms with Crippen molar-refractivity contribution in [3.05, 3.63) is 41.1 Å². The molecule has 3 nitrogen and oxygen atoms in total. The van der Waals surface area contributed by atoms with Gasteiger partial charge in [0.1, 0.15) is 0 Å². The second-order valence-electron chi connectivity index (χ2n) is 3.53. The largest absolute Gasteiger partial charge is 0.375 e. The van der Waals surface area contributed by atoms with Gasteiger partial charge in [-0.25, -0.2) is 4.98 Å². The summed E-state index contributed by atoms with van der Waals surface area (Å²) in [5, 5.41) is 9.42. The molecule has 5 heteroatoms. The maximum atomic E-state index is 8.81. The Labute approximate surface area is 108 Å². The molecule has 0 fully saturated rings. The Morgan fingerprint density at radius 2 is 2.35 bits per heavy atom. The van der Waals surface area contributed by atoms with Crippen molar-refractivity contribution in [3.8, 4) is 6.07 Å². The molecule has 2 N–H and O–H groups in total. The van der Waals surface area contributed by atoms with Crippen LogP contribution in [-0.4, -0.2) is 4.98 Å².